The third kappa shape index (κ3) is 3.98. The van der Waals surface area contributed by atoms with Gasteiger partial charge in [0.15, 0.2) is 0 Å². The van der Waals surface area contributed by atoms with Gasteiger partial charge in [0.25, 0.3) is 0 Å². The fourth-order valence-corrected chi connectivity index (χ4v) is 4.11. The van der Waals surface area contributed by atoms with Crippen LogP contribution < -0.4 is 10.0 Å². The molecule has 1 fully saturated rings. The molecular formula is C16H26N2O2S. The molecule has 0 spiro atoms. The van der Waals surface area contributed by atoms with Gasteiger partial charge in [-0.2, -0.15) is 0 Å². The van der Waals surface area contributed by atoms with Gasteiger partial charge < -0.3 is 5.32 Å². The molecule has 21 heavy (non-hydrogen) atoms. The first-order valence-electron chi connectivity index (χ1n) is 7.77. The molecule has 0 aromatic heterocycles. The maximum absolute atomic E-state index is 12.0. The summed E-state index contributed by atoms with van der Waals surface area (Å²) in [6, 6.07) is 6.04. The zero-order chi connectivity index (χ0) is 15.5. The fourth-order valence-electron chi connectivity index (χ4n) is 3.12. The van der Waals surface area contributed by atoms with Crippen LogP contribution in [0.4, 0.5) is 5.69 Å². The molecule has 1 aromatic rings. The predicted molar refractivity (Wildman–Crippen MR) is 87.1 cm³/mol. The van der Waals surface area contributed by atoms with Crippen molar-refractivity contribution in [2.24, 2.45) is 5.92 Å². The quantitative estimate of drug-likeness (QED) is 0.877. The Morgan fingerprint density at radius 2 is 2.05 bits per heavy atom. The lowest BCUT2D eigenvalue weighted by molar-refractivity contribution is 0.327. The second-order valence-corrected chi connectivity index (χ2v) is 7.82. The molecule has 0 heterocycles. The molecule has 5 heteroatoms. The molecule has 1 aliphatic rings. The second kappa shape index (κ2) is 6.79. The molecule has 1 saturated carbocycles. The zero-order valence-corrected chi connectivity index (χ0v) is 14.0. The van der Waals surface area contributed by atoms with Crippen LogP contribution in [0.25, 0.3) is 0 Å². The highest BCUT2D eigenvalue weighted by atomic mass is 32.2. The van der Waals surface area contributed by atoms with E-state index < -0.39 is 10.0 Å². The number of anilines is 1. The number of rotatable bonds is 5. The SMILES string of the molecule is CCC1CCCC(Nc2ccc(C)c(S(=O)(=O)NC)c2)C1. The van der Waals surface area contributed by atoms with Crippen LogP contribution in [0.5, 0.6) is 0 Å². The number of hydrogen-bond donors (Lipinski definition) is 2. The summed E-state index contributed by atoms with van der Waals surface area (Å²) < 4.78 is 26.4. The lowest BCUT2D eigenvalue weighted by atomic mass is 9.84. The van der Waals surface area contributed by atoms with Crippen LogP contribution in [0.2, 0.25) is 0 Å². The van der Waals surface area contributed by atoms with Gasteiger partial charge >= 0.3 is 0 Å². The van der Waals surface area contributed by atoms with E-state index in [4.69, 9.17) is 0 Å². The van der Waals surface area contributed by atoms with Crippen LogP contribution in [0.1, 0.15) is 44.6 Å². The third-order valence-corrected chi connectivity index (χ3v) is 6.03. The summed E-state index contributed by atoms with van der Waals surface area (Å²) in [7, 11) is -1.95. The van der Waals surface area contributed by atoms with Gasteiger partial charge in [0.1, 0.15) is 0 Å². The van der Waals surface area contributed by atoms with Gasteiger partial charge in [0.2, 0.25) is 10.0 Å². The summed E-state index contributed by atoms with van der Waals surface area (Å²) in [6.45, 7) is 4.07. The molecule has 2 rings (SSSR count). The van der Waals surface area contributed by atoms with Crippen LogP contribution in [0, 0.1) is 12.8 Å². The molecule has 0 radical (unpaired) electrons. The van der Waals surface area contributed by atoms with Crippen molar-refractivity contribution in [2.75, 3.05) is 12.4 Å². The van der Waals surface area contributed by atoms with Crippen molar-refractivity contribution in [3.05, 3.63) is 23.8 Å². The minimum atomic E-state index is -3.40. The van der Waals surface area contributed by atoms with Crippen LogP contribution >= 0.6 is 0 Å². The molecule has 0 saturated heterocycles. The number of aryl methyl sites for hydroxylation is 1. The highest BCUT2D eigenvalue weighted by Crippen LogP contribution is 2.29. The smallest absolute Gasteiger partial charge is 0.240 e. The Morgan fingerprint density at radius 1 is 1.29 bits per heavy atom. The number of benzene rings is 1. The van der Waals surface area contributed by atoms with Crippen molar-refractivity contribution < 1.29 is 8.42 Å². The first-order chi connectivity index (χ1) is 9.96. The number of sulfonamides is 1. The lowest BCUT2D eigenvalue weighted by Crippen LogP contribution is -2.27. The van der Waals surface area contributed by atoms with Crippen molar-refractivity contribution in [2.45, 2.75) is 56.9 Å². The van der Waals surface area contributed by atoms with E-state index in [9.17, 15) is 8.42 Å². The van der Waals surface area contributed by atoms with Crippen molar-refractivity contribution in [3.8, 4) is 0 Å². The molecule has 118 valence electrons. The average molecular weight is 310 g/mol. The van der Waals surface area contributed by atoms with E-state index in [2.05, 4.69) is 17.0 Å². The molecule has 1 aromatic carbocycles. The summed E-state index contributed by atoms with van der Waals surface area (Å²) in [5.41, 5.74) is 1.67. The van der Waals surface area contributed by atoms with Gasteiger partial charge in [-0.05, 0) is 50.4 Å². The molecule has 0 bridgehead atoms. The highest BCUT2D eigenvalue weighted by molar-refractivity contribution is 7.89. The standard InChI is InChI=1S/C16H26N2O2S/c1-4-13-6-5-7-14(10-13)18-15-9-8-12(2)16(11-15)21(19,20)17-3/h8-9,11,13-14,17-18H,4-7,10H2,1-3H3. The molecule has 4 nitrogen and oxygen atoms in total. The summed E-state index contributed by atoms with van der Waals surface area (Å²) in [5.74, 6) is 0.794. The maximum Gasteiger partial charge on any atom is 0.240 e. The molecular weight excluding hydrogens is 284 g/mol. The summed E-state index contributed by atoms with van der Waals surface area (Å²) in [5, 5.41) is 3.52. The Morgan fingerprint density at radius 3 is 2.71 bits per heavy atom. The predicted octanol–water partition coefficient (Wildman–Crippen LogP) is 3.28. The van der Waals surface area contributed by atoms with Crippen molar-refractivity contribution >= 4 is 15.7 Å². The summed E-state index contributed by atoms with van der Waals surface area (Å²) >= 11 is 0. The monoisotopic (exact) mass is 310 g/mol. The second-order valence-electron chi connectivity index (χ2n) is 5.97. The van der Waals surface area contributed by atoms with E-state index >= 15 is 0 Å². The molecule has 2 atom stereocenters. The van der Waals surface area contributed by atoms with E-state index in [-0.39, 0.29) is 0 Å². The van der Waals surface area contributed by atoms with Crippen LogP contribution in [0.15, 0.2) is 23.1 Å². The first-order valence-corrected chi connectivity index (χ1v) is 9.25. The van der Waals surface area contributed by atoms with E-state index in [0.29, 0.717) is 10.9 Å². The van der Waals surface area contributed by atoms with Gasteiger partial charge in [-0.25, -0.2) is 13.1 Å². The van der Waals surface area contributed by atoms with Gasteiger partial charge in [0, 0.05) is 11.7 Å². The van der Waals surface area contributed by atoms with Gasteiger partial charge in [0.05, 0.1) is 4.90 Å². The van der Waals surface area contributed by atoms with Crippen molar-refractivity contribution in [1.82, 2.24) is 4.72 Å². The minimum absolute atomic E-state index is 0.359. The first kappa shape index (κ1) is 16.3. The Balaban J connectivity index is 2.16. The molecule has 0 amide bonds. The van der Waals surface area contributed by atoms with Crippen molar-refractivity contribution in [3.63, 3.8) is 0 Å². The van der Waals surface area contributed by atoms with Crippen molar-refractivity contribution in [1.29, 1.82) is 0 Å². The molecule has 2 N–H and O–H groups in total. The Kier molecular flexibility index (Phi) is 5.27. The average Bonchev–Trinajstić information content (AvgIpc) is 2.49. The summed E-state index contributed by atoms with van der Waals surface area (Å²) in [6.07, 6.45) is 6.15. The van der Waals surface area contributed by atoms with Gasteiger partial charge in [-0.1, -0.05) is 32.3 Å². The zero-order valence-electron chi connectivity index (χ0n) is 13.1. The maximum atomic E-state index is 12.0. The Bertz CT molecular complexity index is 584. The fraction of sp³-hybridized carbons (Fsp3) is 0.625. The molecule has 2 unspecified atom stereocenters. The van der Waals surface area contributed by atoms with E-state index in [1.54, 1.807) is 6.07 Å². The van der Waals surface area contributed by atoms with E-state index in [0.717, 1.165) is 17.2 Å². The molecule has 0 aliphatic heterocycles. The third-order valence-electron chi connectivity index (χ3n) is 4.48. The molecule has 1 aliphatic carbocycles. The summed E-state index contributed by atoms with van der Waals surface area (Å²) in [4.78, 5) is 0.359. The Labute approximate surface area is 128 Å². The normalized spacial score (nSPS) is 23.0. The number of nitrogens with one attached hydrogen (secondary N) is 2. The van der Waals surface area contributed by atoms with Crippen LogP contribution in [0.3, 0.4) is 0 Å². The van der Waals surface area contributed by atoms with Gasteiger partial charge in [-0.3, -0.25) is 0 Å². The van der Waals surface area contributed by atoms with E-state index in [1.165, 1.54) is 39.2 Å². The lowest BCUT2D eigenvalue weighted by Gasteiger charge is -2.30. The van der Waals surface area contributed by atoms with Gasteiger partial charge in [-0.15, -0.1) is 0 Å². The highest BCUT2D eigenvalue weighted by Gasteiger charge is 2.21. The number of hydrogen-bond acceptors (Lipinski definition) is 3. The largest absolute Gasteiger partial charge is 0.382 e. The minimum Gasteiger partial charge on any atom is -0.382 e. The van der Waals surface area contributed by atoms with E-state index in [1.807, 2.05) is 19.1 Å². The van der Waals surface area contributed by atoms with Crippen LogP contribution in [-0.4, -0.2) is 21.5 Å². The van der Waals surface area contributed by atoms with Crippen LogP contribution in [-0.2, 0) is 10.0 Å². The topological polar surface area (TPSA) is 58.2 Å². The Hall–Kier alpha value is -1.07.